The largest absolute Gasteiger partial charge is 0.492 e. The van der Waals surface area contributed by atoms with Gasteiger partial charge in [-0.1, -0.05) is 29.6 Å². The lowest BCUT2D eigenvalue weighted by molar-refractivity contribution is -0.116. The fourth-order valence-electron chi connectivity index (χ4n) is 3.22. The van der Waals surface area contributed by atoms with Gasteiger partial charge in [-0.25, -0.2) is 4.98 Å². The third kappa shape index (κ3) is 6.34. The van der Waals surface area contributed by atoms with Crippen molar-refractivity contribution in [3.8, 4) is 5.75 Å². The van der Waals surface area contributed by atoms with E-state index in [1.807, 2.05) is 6.20 Å². The maximum Gasteiger partial charge on any atom is 0.226 e. The highest BCUT2D eigenvalue weighted by atomic mass is 35.5. The van der Waals surface area contributed by atoms with Gasteiger partial charge < -0.3 is 10.1 Å². The topological polar surface area (TPSA) is 54.5 Å². The van der Waals surface area contributed by atoms with Gasteiger partial charge in [-0.3, -0.25) is 9.69 Å². The molecule has 1 fully saturated rings. The van der Waals surface area contributed by atoms with E-state index >= 15 is 0 Å². The van der Waals surface area contributed by atoms with Gasteiger partial charge in [0.1, 0.15) is 5.75 Å². The lowest BCUT2D eigenvalue weighted by atomic mass is 10.0. The van der Waals surface area contributed by atoms with Gasteiger partial charge in [-0.15, -0.1) is 11.3 Å². The molecule has 0 radical (unpaired) electrons. The summed E-state index contributed by atoms with van der Waals surface area (Å²) in [6.45, 7) is 4.73. The summed E-state index contributed by atoms with van der Waals surface area (Å²) in [4.78, 5) is 20.1. The number of hydrogen-bond acceptors (Lipinski definition) is 5. The minimum atomic E-state index is -0.0574. The maximum absolute atomic E-state index is 12.1. The van der Waals surface area contributed by atoms with Crippen LogP contribution < -0.4 is 10.1 Å². The molecule has 3 rings (SSSR count). The lowest BCUT2D eigenvalue weighted by Crippen LogP contribution is -2.36. The number of piperidine rings is 1. The molecule has 0 saturated carbocycles. The molecule has 1 saturated heterocycles. The molecular formula is C20H25Cl2N3O2S. The highest BCUT2D eigenvalue weighted by Crippen LogP contribution is 2.28. The number of benzene rings is 1. The minimum absolute atomic E-state index is 0.0574. The van der Waals surface area contributed by atoms with E-state index in [9.17, 15) is 4.79 Å². The second-order valence-electron chi connectivity index (χ2n) is 7.02. The van der Waals surface area contributed by atoms with Gasteiger partial charge >= 0.3 is 0 Å². The smallest absolute Gasteiger partial charge is 0.226 e. The Labute approximate surface area is 180 Å². The Balaban J connectivity index is 1.38. The van der Waals surface area contributed by atoms with Crippen LogP contribution in [0.4, 0.5) is 5.13 Å². The van der Waals surface area contributed by atoms with Gasteiger partial charge in [0.25, 0.3) is 0 Å². The Kier molecular flexibility index (Phi) is 7.97. The Morgan fingerprint density at radius 3 is 3.04 bits per heavy atom. The van der Waals surface area contributed by atoms with Gasteiger partial charge in [0.05, 0.1) is 11.6 Å². The normalized spacial score (nSPS) is 17.5. The number of anilines is 1. The van der Waals surface area contributed by atoms with Crippen molar-refractivity contribution in [2.75, 3.05) is 18.5 Å². The van der Waals surface area contributed by atoms with Crippen molar-refractivity contribution < 1.29 is 9.53 Å². The number of hydrogen-bond donors (Lipinski definition) is 1. The molecule has 2 heterocycles. The number of aromatic nitrogens is 1. The number of rotatable bonds is 8. The number of carbonyl (C=O) groups is 1. The van der Waals surface area contributed by atoms with Crippen LogP contribution >= 0.6 is 34.5 Å². The Morgan fingerprint density at radius 1 is 1.39 bits per heavy atom. The van der Waals surface area contributed by atoms with E-state index in [2.05, 4.69) is 22.1 Å². The van der Waals surface area contributed by atoms with Crippen molar-refractivity contribution in [3.63, 3.8) is 0 Å². The average molecular weight is 442 g/mol. The van der Waals surface area contributed by atoms with Crippen LogP contribution in [0.1, 0.15) is 43.9 Å². The van der Waals surface area contributed by atoms with Crippen LogP contribution in [0, 0.1) is 0 Å². The Bertz CT molecular complexity index is 800. The average Bonchev–Trinajstić information content (AvgIpc) is 3.09. The molecule has 1 aliphatic rings. The van der Waals surface area contributed by atoms with E-state index in [1.165, 1.54) is 24.1 Å². The molecule has 2 aromatic rings. The molecule has 0 aliphatic carbocycles. The number of halogens is 2. The molecule has 1 unspecified atom stereocenters. The molecule has 5 nitrogen and oxygen atoms in total. The van der Waals surface area contributed by atoms with Crippen molar-refractivity contribution in [2.24, 2.45) is 0 Å². The summed E-state index contributed by atoms with van der Waals surface area (Å²) in [7, 11) is 0. The highest BCUT2D eigenvalue weighted by Gasteiger charge is 2.19. The number of nitrogens with one attached hydrogen (secondary N) is 1. The first kappa shape index (κ1) is 21.4. The summed E-state index contributed by atoms with van der Waals surface area (Å²) in [6.07, 6.45) is 6.65. The zero-order chi connectivity index (χ0) is 19.9. The van der Waals surface area contributed by atoms with E-state index in [0.717, 1.165) is 13.1 Å². The second-order valence-corrected chi connectivity index (χ2v) is 8.98. The molecule has 1 aromatic carbocycles. The molecule has 1 N–H and O–H groups in total. The van der Waals surface area contributed by atoms with Gasteiger partial charge in [0, 0.05) is 35.1 Å². The summed E-state index contributed by atoms with van der Waals surface area (Å²) in [6, 6.07) is 5.70. The molecule has 1 atom stereocenters. The Morgan fingerprint density at radius 2 is 2.25 bits per heavy atom. The van der Waals surface area contributed by atoms with E-state index in [1.54, 1.807) is 29.5 Å². The third-order valence-electron chi connectivity index (χ3n) is 4.80. The van der Waals surface area contributed by atoms with Crippen molar-refractivity contribution in [2.45, 2.75) is 51.6 Å². The molecule has 8 heteroatoms. The van der Waals surface area contributed by atoms with E-state index in [0.29, 0.717) is 46.4 Å². The van der Waals surface area contributed by atoms with Crippen LogP contribution in [-0.2, 0) is 11.3 Å². The van der Waals surface area contributed by atoms with Crippen LogP contribution in [0.5, 0.6) is 5.75 Å². The predicted molar refractivity (Wildman–Crippen MR) is 116 cm³/mol. The summed E-state index contributed by atoms with van der Waals surface area (Å²) < 4.78 is 5.60. The van der Waals surface area contributed by atoms with Crippen LogP contribution in [0.3, 0.4) is 0 Å². The van der Waals surface area contributed by atoms with E-state index in [4.69, 9.17) is 27.9 Å². The molecule has 1 aliphatic heterocycles. The van der Waals surface area contributed by atoms with E-state index < -0.39 is 0 Å². The number of thiazole rings is 1. The van der Waals surface area contributed by atoms with Gasteiger partial charge in [-0.2, -0.15) is 0 Å². The first-order valence-corrected chi connectivity index (χ1v) is 11.1. The van der Waals surface area contributed by atoms with Gasteiger partial charge in [-0.05, 0) is 50.9 Å². The fraction of sp³-hybridized carbons (Fsp3) is 0.500. The molecule has 1 amide bonds. The number of nitrogens with zero attached hydrogens (tertiary/aromatic N) is 2. The SMILES string of the molecule is CC1CCCCN1Cc1cnc(NC(=O)CCCOc2ccc(Cl)cc2Cl)s1. The van der Waals surface area contributed by atoms with Crippen LogP contribution in [0.15, 0.2) is 24.4 Å². The molecule has 152 valence electrons. The van der Waals surface area contributed by atoms with Gasteiger partial charge in [0.2, 0.25) is 5.91 Å². The number of ether oxygens (including phenoxy) is 1. The highest BCUT2D eigenvalue weighted by molar-refractivity contribution is 7.15. The lowest BCUT2D eigenvalue weighted by Gasteiger charge is -2.32. The fourth-order valence-corrected chi connectivity index (χ4v) is 4.54. The summed E-state index contributed by atoms with van der Waals surface area (Å²) in [5, 5.41) is 4.57. The van der Waals surface area contributed by atoms with Crippen LogP contribution in [-0.4, -0.2) is 35.0 Å². The zero-order valence-electron chi connectivity index (χ0n) is 15.9. The first-order valence-electron chi connectivity index (χ1n) is 9.58. The van der Waals surface area contributed by atoms with E-state index in [-0.39, 0.29) is 5.91 Å². The monoisotopic (exact) mass is 441 g/mol. The second kappa shape index (κ2) is 10.4. The number of likely N-dealkylation sites (tertiary alicyclic amines) is 1. The summed E-state index contributed by atoms with van der Waals surface area (Å²) in [5.74, 6) is 0.515. The predicted octanol–water partition coefficient (Wildman–Crippen LogP) is 5.62. The van der Waals surface area contributed by atoms with Gasteiger partial charge in [0.15, 0.2) is 5.13 Å². The molecule has 0 spiro atoms. The first-order chi connectivity index (χ1) is 13.5. The van der Waals surface area contributed by atoms with Crippen molar-refractivity contribution >= 4 is 45.6 Å². The molecular weight excluding hydrogens is 417 g/mol. The van der Waals surface area contributed by atoms with Crippen LogP contribution in [0.2, 0.25) is 10.0 Å². The summed E-state index contributed by atoms with van der Waals surface area (Å²) >= 11 is 13.5. The van der Waals surface area contributed by atoms with Crippen molar-refractivity contribution in [1.29, 1.82) is 0 Å². The van der Waals surface area contributed by atoms with Crippen molar-refractivity contribution in [1.82, 2.24) is 9.88 Å². The zero-order valence-corrected chi connectivity index (χ0v) is 18.2. The van der Waals surface area contributed by atoms with Crippen LogP contribution in [0.25, 0.3) is 0 Å². The maximum atomic E-state index is 12.1. The standard InChI is InChI=1S/C20H25Cl2N3O2S/c1-14-5-2-3-9-25(14)13-16-12-23-20(28-16)24-19(26)6-4-10-27-18-8-7-15(21)11-17(18)22/h7-8,11-12,14H,2-6,9-10,13H2,1H3,(H,23,24,26). The quantitative estimate of drug-likeness (QED) is 0.539. The minimum Gasteiger partial charge on any atom is -0.492 e. The molecule has 28 heavy (non-hydrogen) atoms. The van der Waals surface area contributed by atoms with Crippen molar-refractivity contribution in [3.05, 3.63) is 39.3 Å². The molecule has 1 aromatic heterocycles. The number of carbonyl (C=O) groups excluding carboxylic acids is 1. The number of amides is 1. The summed E-state index contributed by atoms with van der Waals surface area (Å²) in [5.41, 5.74) is 0. The molecule has 0 bridgehead atoms. The third-order valence-corrected chi connectivity index (χ3v) is 6.23. The Hall–Kier alpha value is -1.34.